The van der Waals surface area contributed by atoms with Crippen LogP contribution in [0.25, 0.3) is 0 Å². The minimum absolute atomic E-state index is 0.194. The van der Waals surface area contributed by atoms with Crippen molar-refractivity contribution in [2.45, 2.75) is 25.9 Å². The highest BCUT2D eigenvalue weighted by molar-refractivity contribution is 5.95. The predicted octanol–water partition coefficient (Wildman–Crippen LogP) is 1.46. The van der Waals surface area contributed by atoms with E-state index in [9.17, 15) is 9.59 Å². The fraction of sp³-hybridized carbons (Fsp3) is 0.429. The van der Waals surface area contributed by atoms with E-state index in [0.29, 0.717) is 6.54 Å². The van der Waals surface area contributed by atoms with Gasteiger partial charge in [0, 0.05) is 12.2 Å². The predicted molar refractivity (Wildman–Crippen MR) is 70.2 cm³/mol. The zero-order valence-corrected chi connectivity index (χ0v) is 10.8. The Bertz CT molecular complexity index is 486. The van der Waals surface area contributed by atoms with Gasteiger partial charge in [-0.15, -0.1) is 0 Å². The summed E-state index contributed by atoms with van der Waals surface area (Å²) in [5.74, 6) is -1.26. The second-order valence-corrected chi connectivity index (χ2v) is 4.57. The Morgan fingerprint density at radius 1 is 1.42 bits per heavy atom. The number of para-hydroxylation sites is 1. The Morgan fingerprint density at radius 2 is 2.16 bits per heavy atom. The first-order valence-electron chi connectivity index (χ1n) is 6.32. The number of fused-ring (bicyclic) bond motifs is 1. The largest absolute Gasteiger partial charge is 0.479 e. The number of benzene rings is 1. The van der Waals surface area contributed by atoms with Gasteiger partial charge in [-0.05, 0) is 31.4 Å². The van der Waals surface area contributed by atoms with Gasteiger partial charge in [0.2, 0.25) is 0 Å². The fourth-order valence-corrected chi connectivity index (χ4v) is 2.14. The Labute approximate surface area is 111 Å². The van der Waals surface area contributed by atoms with Crippen LogP contribution < -0.4 is 4.90 Å². The minimum Gasteiger partial charge on any atom is -0.479 e. The standard InChI is InChI=1S/C14H17NO4/c1-10(14(17)18)19-9-13(16)15-8-4-6-11-5-2-3-7-12(11)15/h2-3,5,7,10H,4,6,8-9H2,1H3,(H,17,18)/t10-/m1/s1. The van der Waals surface area contributed by atoms with Gasteiger partial charge in [-0.1, -0.05) is 18.2 Å². The molecule has 1 amide bonds. The number of aliphatic carboxylic acids is 1. The van der Waals surface area contributed by atoms with Crippen LogP contribution in [0, 0.1) is 0 Å². The monoisotopic (exact) mass is 263 g/mol. The highest BCUT2D eigenvalue weighted by Crippen LogP contribution is 2.26. The first kappa shape index (κ1) is 13.5. The van der Waals surface area contributed by atoms with Crippen LogP contribution in [0.15, 0.2) is 24.3 Å². The highest BCUT2D eigenvalue weighted by atomic mass is 16.5. The summed E-state index contributed by atoms with van der Waals surface area (Å²) in [5.41, 5.74) is 2.05. The third-order valence-corrected chi connectivity index (χ3v) is 3.22. The molecule has 102 valence electrons. The molecule has 0 bridgehead atoms. The van der Waals surface area contributed by atoms with Crippen molar-refractivity contribution in [2.75, 3.05) is 18.1 Å². The normalized spacial score (nSPS) is 15.7. The number of amides is 1. The van der Waals surface area contributed by atoms with Crippen molar-refractivity contribution in [3.8, 4) is 0 Å². The molecule has 0 unspecified atom stereocenters. The number of carboxylic acid groups (broad SMARTS) is 1. The van der Waals surface area contributed by atoms with E-state index in [1.165, 1.54) is 6.92 Å². The quantitative estimate of drug-likeness (QED) is 0.893. The molecule has 0 aliphatic carbocycles. The molecular weight excluding hydrogens is 246 g/mol. The SMILES string of the molecule is C[C@@H](OCC(=O)N1CCCc2ccccc21)C(=O)O. The molecule has 19 heavy (non-hydrogen) atoms. The van der Waals surface area contributed by atoms with Gasteiger partial charge in [0.25, 0.3) is 5.91 Å². The maximum Gasteiger partial charge on any atom is 0.332 e. The maximum atomic E-state index is 12.1. The van der Waals surface area contributed by atoms with Gasteiger partial charge in [0.1, 0.15) is 6.61 Å². The van der Waals surface area contributed by atoms with E-state index in [2.05, 4.69) is 0 Å². The number of aryl methyl sites for hydroxylation is 1. The van der Waals surface area contributed by atoms with Crippen LogP contribution in [-0.2, 0) is 20.7 Å². The van der Waals surface area contributed by atoms with E-state index >= 15 is 0 Å². The molecule has 1 aliphatic heterocycles. The zero-order valence-electron chi connectivity index (χ0n) is 10.8. The van der Waals surface area contributed by atoms with Crippen molar-refractivity contribution in [3.05, 3.63) is 29.8 Å². The Balaban J connectivity index is 2.03. The van der Waals surface area contributed by atoms with Crippen LogP contribution in [0.3, 0.4) is 0 Å². The molecule has 5 nitrogen and oxygen atoms in total. The molecule has 0 aromatic heterocycles. The number of hydrogen-bond donors (Lipinski definition) is 1. The van der Waals surface area contributed by atoms with Crippen LogP contribution in [-0.4, -0.2) is 36.2 Å². The summed E-state index contributed by atoms with van der Waals surface area (Å²) in [5, 5.41) is 8.71. The first-order valence-corrected chi connectivity index (χ1v) is 6.32. The summed E-state index contributed by atoms with van der Waals surface area (Å²) < 4.78 is 5.04. The van der Waals surface area contributed by atoms with Crippen LogP contribution in [0.4, 0.5) is 5.69 Å². The Morgan fingerprint density at radius 3 is 2.89 bits per heavy atom. The number of nitrogens with zero attached hydrogens (tertiary/aromatic N) is 1. The van der Waals surface area contributed by atoms with Crippen molar-refractivity contribution < 1.29 is 19.4 Å². The molecule has 2 rings (SSSR count). The summed E-state index contributed by atoms with van der Waals surface area (Å²) in [6.07, 6.45) is 0.910. The van der Waals surface area contributed by atoms with Crippen molar-refractivity contribution in [3.63, 3.8) is 0 Å². The lowest BCUT2D eigenvalue weighted by Gasteiger charge is -2.29. The van der Waals surface area contributed by atoms with Gasteiger partial charge < -0.3 is 14.7 Å². The molecule has 1 aromatic rings. The highest BCUT2D eigenvalue weighted by Gasteiger charge is 2.23. The van der Waals surface area contributed by atoms with Gasteiger partial charge >= 0.3 is 5.97 Å². The average Bonchev–Trinajstić information content (AvgIpc) is 2.43. The molecule has 0 spiro atoms. The number of carbonyl (C=O) groups is 2. The van der Waals surface area contributed by atoms with Crippen LogP contribution in [0.1, 0.15) is 18.9 Å². The van der Waals surface area contributed by atoms with Crippen molar-refractivity contribution in [1.29, 1.82) is 0 Å². The second-order valence-electron chi connectivity index (χ2n) is 4.57. The number of anilines is 1. The van der Waals surface area contributed by atoms with E-state index in [0.717, 1.165) is 24.1 Å². The molecule has 0 saturated heterocycles. The molecule has 0 radical (unpaired) electrons. The molecule has 0 fully saturated rings. The lowest BCUT2D eigenvalue weighted by molar-refractivity contribution is -0.150. The number of carbonyl (C=O) groups excluding carboxylic acids is 1. The third-order valence-electron chi connectivity index (χ3n) is 3.22. The summed E-state index contributed by atoms with van der Waals surface area (Å²) in [7, 11) is 0. The van der Waals surface area contributed by atoms with Crippen molar-refractivity contribution in [1.82, 2.24) is 0 Å². The molecule has 1 aliphatic rings. The second kappa shape index (κ2) is 5.84. The van der Waals surface area contributed by atoms with Crippen molar-refractivity contribution >= 4 is 17.6 Å². The lowest BCUT2D eigenvalue weighted by Crippen LogP contribution is -2.39. The van der Waals surface area contributed by atoms with E-state index < -0.39 is 12.1 Å². The summed E-state index contributed by atoms with van der Waals surface area (Å²) in [4.78, 5) is 24.4. The first-order chi connectivity index (χ1) is 9.09. The van der Waals surface area contributed by atoms with Crippen LogP contribution >= 0.6 is 0 Å². The van der Waals surface area contributed by atoms with E-state index in [4.69, 9.17) is 9.84 Å². The lowest BCUT2D eigenvalue weighted by atomic mass is 10.0. The molecule has 1 atom stereocenters. The number of carboxylic acids is 1. The minimum atomic E-state index is -1.06. The van der Waals surface area contributed by atoms with Gasteiger partial charge in [-0.2, -0.15) is 0 Å². The summed E-state index contributed by atoms with van der Waals surface area (Å²) in [6, 6.07) is 7.77. The summed E-state index contributed by atoms with van der Waals surface area (Å²) >= 11 is 0. The van der Waals surface area contributed by atoms with Gasteiger partial charge in [0.15, 0.2) is 6.10 Å². The number of ether oxygens (including phenoxy) is 1. The third kappa shape index (κ3) is 3.12. The van der Waals surface area contributed by atoms with Crippen LogP contribution in [0.2, 0.25) is 0 Å². The van der Waals surface area contributed by atoms with E-state index in [1.54, 1.807) is 4.90 Å². The van der Waals surface area contributed by atoms with E-state index in [-0.39, 0.29) is 12.5 Å². The Hall–Kier alpha value is -1.88. The van der Waals surface area contributed by atoms with E-state index in [1.807, 2.05) is 24.3 Å². The van der Waals surface area contributed by atoms with Gasteiger partial charge in [0.05, 0.1) is 0 Å². The Kier molecular flexibility index (Phi) is 4.16. The maximum absolute atomic E-state index is 12.1. The topological polar surface area (TPSA) is 66.8 Å². The molecule has 5 heteroatoms. The average molecular weight is 263 g/mol. The fourth-order valence-electron chi connectivity index (χ4n) is 2.14. The van der Waals surface area contributed by atoms with Crippen LogP contribution in [0.5, 0.6) is 0 Å². The molecular formula is C14H17NO4. The van der Waals surface area contributed by atoms with Crippen molar-refractivity contribution in [2.24, 2.45) is 0 Å². The molecule has 1 aromatic carbocycles. The molecule has 1 heterocycles. The smallest absolute Gasteiger partial charge is 0.332 e. The molecule has 0 saturated carbocycles. The van der Waals surface area contributed by atoms with Gasteiger partial charge in [-0.25, -0.2) is 4.79 Å². The number of hydrogen-bond acceptors (Lipinski definition) is 3. The van der Waals surface area contributed by atoms with Gasteiger partial charge in [-0.3, -0.25) is 4.79 Å². The zero-order chi connectivity index (χ0) is 13.8. The summed E-state index contributed by atoms with van der Waals surface area (Å²) in [6.45, 7) is 1.86. The molecule has 1 N–H and O–H groups in total. The number of rotatable bonds is 4.